The Bertz CT molecular complexity index is 1150. The van der Waals surface area contributed by atoms with E-state index in [-0.39, 0.29) is 17.0 Å². The second-order valence-electron chi connectivity index (χ2n) is 9.09. The van der Waals surface area contributed by atoms with Crippen molar-refractivity contribution in [2.75, 3.05) is 26.1 Å². The van der Waals surface area contributed by atoms with E-state index in [9.17, 15) is 4.79 Å². The van der Waals surface area contributed by atoms with Gasteiger partial charge < -0.3 is 19.5 Å². The van der Waals surface area contributed by atoms with Crippen LogP contribution in [0.4, 0.5) is 5.69 Å². The van der Waals surface area contributed by atoms with Gasteiger partial charge in [-0.05, 0) is 49.1 Å². The number of ether oxygens (including phenoxy) is 3. The van der Waals surface area contributed by atoms with Crippen LogP contribution in [0.5, 0.6) is 17.2 Å². The number of nitrogens with zero attached hydrogens (tertiary/aromatic N) is 3. The molecule has 182 valence electrons. The molecule has 3 rings (SSSR count). The number of amides is 1. The summed E-state index contributed by atoms with van der Waals surface area (Å²) < 4.78 is 18.3. The number of carbonyl (C=O) groups is 1. The number of hydrogen-bond donors (Lipinski definition) is 1. The smallest absolute Gasteiger partial charge is 0.278 e. The SMILES string of the molecule is CCCCOc1ccc(NC(=O)c2nnn(-c3cc(OC)ccc3OC)c2C)cc1C(C)(C)C. The number of anilines is 1. The third-order valence-electron chi connectivity index (χ3n) is 5.52. The zero-order valence-electron chi connectivity index (χ0n) is 21.1. The molecule has 0 fully saturated rings. The highest BCUT2D eigenvalue weighted by atomic mass is 16.5. The normalized spacial score (nSPS) is 11.3. The van der Waals surface area contributed by atoms with E-state index in [0.29, 0.717) is 35.2 Å². The molecule has 0 saturated heterocycles. The van der Waals surface area contributed by atoms with Crippen LogP contribution in [0.1, 0.15) is 62.3 Å². The van der Waals surface area contributed by atoms with Crippen molar-refractivity contribution < 1.29 is 19.0 Å². The number of aromatic nitrogens is 3. The van der Waals surface area contributed by atoms with Crippen molar-refractivity contribution in [3.63, 3.8) is 0 Å². The fourth-order valence-corrected chi connectivity index (χ4v) is 3.57. The molecule has 1 N–H and O–H groups in total. The zero-order chi connectivity index (χ0) is 24.9. The monoisotopic (exact) mass is 466 g/mol. The quantitative estimate of drug-likeness (QED) is 0.429. The highest BCUT2D eigenvalue weighted by molar-refractivity contribution is 6.03. The molecule has 0 saturated carbocycles. The van der Waals surface area contributed by atoms with Gasteiger partial charge in [0.1, 0.15) is 22.9 Å². The summed E-state index contributed by atoms with van der Waals surface area (Å²) in [7, 11) is 3.16. The molecule has 0 spiro atoms. The van der Waals surface area contributed by atoms with Gasteiger partial charge in [-0.25, -0.2) is 4.68 Å². The lowest BCUT2D eigenvalue weighted by molar-refractivity contribution is 0.102. The minimum absolute atomic E-state index is 0.149. The summed E-state index contributed by atoms with van der Waals surface area (Å²) in [4.78, 5) is 13.1. The predicted octanol–water partition coefficient (Wildman–Crippen LogP) is 5.32. The van der Waals surface area contributed by atoms with Gasteiger partial charge in [0.05, 0.1) is 26.5 Å². The molecule has 3 aromatic rings. The number of rotatable bonds is 9. The molecular formula is C26H34N4O4. The number of methoxy groups -OCH3 is 2. The largest absolute Gasteiger partial charge is 0.497 e. The lowest BCUT2D eigenvalue weighted by Crippen LogP contribution is -2.17. The van der Waals surface area contributed by atoms with Gasteiger partial charge in [0, 0.05) is 17.3 Å². The Morgan fingerprint density at radius 3 is 2.44 bits per heavy atom. The van der Waals surface area contributed by atoms with Gasteiger partial charge in [-0.1, -0.05) is 39.3 Å². The number of unbranched alkanes of at least 4 members (excludes halogenated alkanes) is 1. The minimum atomic E-state index is -0.342. The Labute approximate surface area is 201 Å². The summed E-state index contributed by atoms with van der Waals surface area (Å²) in [5.74, 6) is 1.73. The highest BCUT2D eigenvalue weighted by Gasteiger charge is 2.23. The van der Waals surface area contributed by atoms with E-state index < -0.39 is 0 Å². The van der Waals surface area contributed by atoms with E-state index in [0.717, 1.165) is 24.2 Å². The number of carbonyl (C=O) groups excluding carboxylic acids is 1. The lowest BCUT2D eigenvalue weighted by atomic mass is 9.86. The van der Waals surface area contributed by atoms with E-state index in [4.69, 9.17) is 14.2 Å². The molecule has 0 atom stereocenters. The molecule has 34 heavy (non-hydrogen) atoms. The molecule has 8 heteroatoms. The summed E-state index contributed by atoms with van der Waals surface area (Å²) in [6, 6.07) is 11.1. The second-order valence-corrected chi connectivity index (χ2v) is 9.09. The highest BCUT2D eigenvalue weighted by Crippen LogP contribution is 2.34. The molecule has 0 aliphatic heterocycles. The molecule has 1 heterocycles. The van der Waals surface area contributed by atoms with Crippen LogP contribution in [0.25, 0.3) is 5.69 Å². The van der Waals surface area contributed by atoms with Crippen molar-refractivity contribution >= 4 is 11.6 Å². The van der Waals surface area contributed by atoms with Crippen molar-refractivity contribution in [3.05, 3.63) is 53.3 Å². The van der Waals surface area contributed by atoms with Crippen LogP contribution in [0.3, 0.4) is 0 Å². The van der Waals surface area contributed by atoms with E-state index >= 15 is 0 Å². The first-order valence-electron chi connectivity index (χ1n) is 11.4. The Hall–Kier alpha value is -3.55. The standard InChI is InChI=1S/C26H34N4O4/c1-8-9-14-34-22-12-10-18(15-20(22)26(3,4)5)27-25(31)24-17(2)30(29-28-24)21-16-19(32-6)11-13-23(21)33-7/h10-13,15-16H,8-9,14H2,1-7H3,(H,27,31). The van der Waals surface area contributed by atoms with Crippen molar-refractivity contribution in [1.82, 2.24) is 15.0 Å². The van der Waals surface area contributed by atoms with Crippen LogP contribution < -0.4 is 19.5 Å². The first-order valence-corrected chi connectivity index (χ1v) is 11.4. The molecule has 8 nitrogen and oxygen atoms in total. The van der Waals surface area contributed by atoms with Crippen molar-refractivity contribution in [1.29, 1.82) is 0 Å². The maximum absolute atomic E-state index is 13.1. The van der Waals surface area contributed by atoms with Crippen LogP contribution in [0.15, 0.2) is 36.4 Å². The van der Waals surface area contributed by atoms with Crippen LogP contribution in [-0.4, -0.2) is 41.7 Å². The van der Waals surface area contributed by atoms with Crippen LogP contribution >= 0.6 is 0 Å². The van der Waals surface area contributed by atoms with E-state index in [1.54, 1.807) is 44.0 Å². The number of benzene rings is 2. The average molecular weight is 467 g/mol. The molecule has 1 amide bonds. The van der Waals surface area contributed by atoms with Gasteiger partial charge in [-0.2, -0.15) is 0 Å². The van der Waals surface area contributed by atoms with Gasteiger partial charge in [0.25, 0.3) is 5.91 Å². The molecule has 1 aromatic heterocycles. The molecular weight excluding hydrogens is 432 g/mol. The molecule has 0 aliphatic carbocycles. The number of hydrogen-bond acceptors (Lipinski definition) is 6. The Kier molecular flexibility index (Phi) is 7.81. The zero-order valence-corrected chi connectivity index (χ0v) is 21.1. The Morgan fingerprint density at radius 1 is 1.06 bits per heavy atom. The van der Waals surface area contributed by atoms with Gasteiger partial charge in [-0.15, -0.1) is 5.10 Å². The van der Waals surface area contributed by atoms with E-state index in [1.165, 1.54) is 0 Å². The average Bonchev–Trinajstić information content (AvgIpc) is 3.20. The maximum Gasteiger partial charge on any atom is 0.278 e. The molecule has 0 bridgehead atoms. The third-order valence-corrected chi connectivity index (χ3v) is 5.52. The van der Waals surface area contributed by atoms with Gasteiger partial charge in [0.2, 0.25) is 0 Å². The predicted molar refractivity (Wildman–Crippen MR) is 133 cm³/mol. The Morgan fingerprint density at radius 2 is 1.79 bits per heavy atom. The fraction of sp³-hybridized carbons (Fsp3) is 0.423. The van der Waals surface area contributed by atoms with Crippen molar-refractivity contribution in [2.45, 2.75) is 52.9 Å². The summed E-state index contributed by atoms with van der Waals surface area (Å²) in [5.41, 5.74) is 3.00. The summed E-state index contributed by atoms with van der Waals surface area (Å²) >= 11 is 0. The first kappa shape index (κ1) is 25.1. The topological polar surface area (TPSA) is 87.5 Å². The van der Waals surface area contributed by atoms with Gasteiger partial charge in [0.15, 0.2) is 5.69 Å². The summed E-state index contributed by atoms with van der Waals surface area (Å²) in [6.07, 6.45) is 2.07. The van der Waals surface area contributed by atoms with Gasteiger partial charge >= 0.3 is 0 Å². The lowest BCUT2D eigenvalue weighted by Gasteiger charge is -2.24. The fourth-order valence-electron chi connectivity index (χ4n) is 3.57. The second kappa shape index (κ2) is 10.6. The third kappa shape index (κ3) is 5.50. The summed E-state index contributed by atoms with van der Waals surface area (Å²) in [5, 5.41) is 11.3. The van der Waals surface area contributed by atoms with Crippen LogP contribution in [0, 0.1) is 6.92 Å². The van der Waals surface area contributed by atoms with Crippen LogP contribution in [-0.2, 0) is 5.41 Å². The molecule has 0 unspecified atom stereocenters. The maximum atomic E-state index is 13.1. The van der Waals surface area contributed by atoms with Crippen molar-refractivity contribution in [2.24, 2.45) is 0 Å². The van der Waals surface area contributed by atoms with Crippen LogP contribution in [0.2, 0.25) is 0 Å². The molecule has 0 aliphatic rings. The van der Waals surface area contributed by atoms with Gasteiger partial charge in [-0.3, -0.25) is 4.79 Å². The number of nitrogens with one attached hydrogen (secondary N) is 1. The minimum Gasteiger partial charge on any atom is -0.497 e. The van der Waals surface area contributed by atoms with E-state index in [1.807, 2.05) is 18.2 Å². The van der Waals surface area contributed by atoms with E-state index in [2.05, 4.69) is 43.3 Å². The molecule has 0 radical (unpaired) electrons. The van der Waals surface area contributed by atoms with Crippen molar-refractivity contribution in [3.8, 4) is 22.9 Å². The first-order chi connectivity index (χ1) is 16.2. The Balaban J connectivity index is 1.88. The summed E-state index contributed by atoms with van der Waals surface area (Å²) in [6.45, 7) is 11.0. The molecule has 2 aromatic carbocycles.